The van der Waals surface area contributed by atoms with Crippen LogP contribution in [0.4, 0.5) is 23.1 Å². The van der Waals surface area contributed by atoms with Gasteiger partial charge in [-0.1, -0.05) is 29.8 Å². The van der Waals surface area contributed by atoms with E-state index in [1.54, 1.807) is 45.0 Å². The van der Waals surface area contributed by atoms with E-state index in [2.05, 4.69) is 44.7 Å². The van der Waals surface area contributed by atoms with Gasteiger partial charge >= 0.3 is 0 Å². The molecule has 0 aliphatic carbocycles. The quantitative estimate of drug-likeness (QED) is 0.418. The molecule has 35 heavy (non-hydrogen) atoms. The monoisotopic (exact) mass is 513 g/mol. The van der Waals surface area contributed by atoms with Crippen molar-refractivity contribution in [2.45, 2.75) is 49.2 Å². The fourth-order valence-corrected chi connectivity index (χ4v) is 5.44. The molecule has 2 aromatic carbocycles. The van der Waals surface area contributed by atoms with E-state index in [-0.39, 0.29) is 4.90 Å². The number of rotatable bonds is 6. The maximum absolute atomic E-state index is 12.8. The fourth-order valence-electron chi connectivity index (χ4n) is 4.06. The highest BCUT2D eigenvalue weighted by molar-refractivity contribution is 7.92. The van der Waals surface area contributed by atoms with Gasteiger partial charge in [0, 0.05) is 11.4 Å². The Balaban J connectivity index is 1.49. The number of aromatic nitrogens is 2. The zero-order chi connectivity index (χ0) is 25.2. The first-order chi connectivity index (χ1) is 16.5. The summed E-state index contributed by atoms with van der Waals surface area (Å²) in [5.74, 6) is 1.38. The Morgan fingerprint density at radius 3 is 2.34 bits per heavy atom. The molecule has 1 saturated heterocycles. The van der Waals surface area contributed by atoms with Gasteiger partial charge in [-0.15, -0.1) is 0 Å². The topological polar surface area (TPSA) is 87.2 Å². The zero-order valence-electron chi connectivity index (χ0n) is 20.5. The van der Waals surface area contributed by atoms with Gasteiger partial charge in [0.2, 0.25) is 5.95 Å². The Morgan fingerprint density at radius 1 is 1.00 bits per heavy atom. The van der Waals surface area contributed by atoms with Crippen LogP contribution in [-0.4, -0.2) is 48.2 Å². The number of likely N-dealkylation sites (tertiary alicyclic amines) is 1. The maximum atomic E-state index is 12.8. The number of hydrogen-bond donors (Lipinski definition) is 2. The number of nitrogens with zero attached hydrogens (tertiary/aromatic N) is 3. The lowest BCUT2D eigenvalue weighted by Crippen LogP contribution is -2.29. The van der Waals surface area contributed by atoms with Gasteiger partial charge in [-0.05, 0) is 95.6 Å². The molecule has 0 amide bonds. The molecule has 1 aliphatic rings. The fraction of sp³-hybridized carbons (Fsp3) is 0.385. The summed E-state index contributed by atoms with van der Waals surface area (Å²) in [4.78, 5) is 11.4. The van der Waals surface area contributed by atoms with Crippen molar-refractivity contribution in [1.29, 1.82) is 0 Å². The second kappa shape index (κ2) is 10.1. The molecule has 2 heterocycles. The molecular formula is C26H32ClN5O2S. The van der Waals surface area contributed by atoms with Crippen LogP contribution in [0.3, 0.4) is 0 Å². The molecule has 3 aromatic rings. The van der Waals surface area contributed by atoms with Crippen molar-refractivity contribution in [3.8, 4) is 0 Å². The number of anilines is 4. The minimum absolute atomic E-state index is 0.239. The summed E-state index contributed by atoms with van der Waals surface area (Å²) < 4.78 is 24.8. The Hall–Kier alpha value is -2.68. The van der Waals surface area contributed by atoms with E-state index < -0.39 is 14.6 Å². The number of piperidine rings is 1. The van der Waals surface area contributed by atoms with Gasteiger partial charge in [0.25, 0.3) is 0 Å². The molecule has 1 aliphatic heterocycles. The van der Waals surface area contributed by atoms with E-state index in [9.17, 15) is 8.42 Å². The van der Waals surface area contributed by atoms with Gasteiger partial charge in [0.05, 0.1) is 15.8 Å². The number of benzene rings is 2. The third-order valence-corrected chi connectivity index (χ3v) is 9.08. The predicted molar refractivity (Wildman–Crippen MR) is 143 cm³/mol. The minimum atomic E-state index is -3.49. The van der Waals surface area contributed by atoms with Crippen LogP contribution in [0.1, 0.15) is 45.1 Å². The van der Waals surface area contributed by atoms with E-state index in [0.29, 0.717) is 28.4 Å². The molecule has 0 saturated carbocycles. The van der Waals surface area contributed by atoms with Crippen molar-refractivity contribution in [2.24, 2.45) is 0 Å². The number of sulfone groups is 1. The third-order valence-electron chi connectivity index (χ3n) is 6.31. The van der Waals surface area contributed by atoms with Crippen LogP contribution in [0.5, 0.6) is 0 Å². The van der Waals surface area contributed by atoms with Gasteiger partial charge in [-0.3, -0.25) is 0 Å². The summed E-state index contributed by atoms with van der Waals surface area (Å²) in [5, 5.41) is 6.68. The summed E-state index contributed by atoms with van der Waals surface area (Å²) in [6.07, 6.45) is 3.87. The van der Waals surface area contributed by atoms with E-state index in [1.807, 2.05) is 12.1 Å². The average molecular weight is 514 g/mol. The van der Waals surface area contributed by atoms with Gasteiger partial charge in [-0.2, -0.15) is 4.98 Å². The summed E-state index contributed by atoms with van der Waals surface area (Å²) in [7, 11) is -1.32. The minimum Gasteiger partial charge on any atom is -0.339 e. The van der Waals surface area contributed by atoms with Gasteiger partial charge in [0.15, 0.2) is 15.7 Å². The number of halogens is 1. The second-order valence-electron chi connectivity index (χ2n) is 9.98. The molecule has 2 N–H and O–H groups in total. The molecular weight excluding hydrogens is 482 g/mol. The average Bonchev–Trinajstić information content (AvgIpc) is 2.82. The summed E-state index contributed by atoms with van der Waals surface area (Å²) in [5.41, 5.74) is 2.81. The highest BCUT2D eigenvalue weighted by Crippen LogP contribution is 2.31. The Bertz CT molecular complexity index is 1280. The smallest absolute Gasteiger partial charge is 0.229 e. The number of nitrogens with one attached hydrogen (secondary N) is 2. The Kier molecular flexibility index (Phi) is 7.35. The van der Waals surface area contributed by atoms with Crippen molar-refractivity contribution in [1.82, 2.24) is 14.9 Å². The zero-order valence-corrected chi connectivity index (χ0v) is 22.1. The predicted octanol–water partition coefficient (Wildman–Crippen LogP) is 6.00. The summed E-state index contributed by atoms with van der Waals surface area (Å²) in [6.45, 7) is 7.31. The standard InChI is InChI=1S/C26H32ClN5O2S/c1-26(2,3)35(33,34)22-7-5-6-21(16-22)29-24-23(27)17-28-25(31-24)30-20-10-8-18(9-11-20)19-12-14-32(4)15-13-19/h5-11,16-17,19H,12-15H2,1-4H3,(H2,28,29,30,31). The van der Waals surface area contributed by atoms with Gasteiger partial charge in [-0.25, -0.2) is 13.4 Å². The largest absolute Gasteiger partial charge is 0.339 e. The van der Waals surface area contributed by atoms with E-state index in [4.69, 9.17) is 11.6 Å². The van der Waals surface area contributed by atoms with E-state index in [0.717, 1.165) is 18.8 Å². The van der Waals surface area contributed by atoms with Crippen molar-refractivity contribution >= 4 is 44.6 Å². The molecule has 9 heteroatoms. The molecule has 1 aromatic heterocycles. The van der Waals surface area contributed by atoms with E-state index >= 15 is 0 Å². The molecule has 0 spiro atoms. The van der Waals surface area contributed by atoms with Crippen molar-refractivity contribution in [2.75, 3.05) is 30.8 Å². The van der Waals surface area contributed by atoms with Crippen LogP contribution >= 0.6 is 11.6 Å². The third kappa shape index (κ3) is 5.94. The van der Waals surface area contributed by atoms with Crippen molar-refractivity contribution < 1.29 is 8.42 Å². The summed E-state index contributed by atoms with van der Waals surface area (Å²) in [6, 6.07) is 15.1. The molecule has 0 radical (unpaired) electrons. The molecule has 0 unspecified atom stereocenters. The van der Waals surface area contributed by atoms with Gasteiger partial charge in [0.1, 0.15) is 5.02 Å². The van der Waals surface area contributed by atoms with Gasteiger partial charge < -0.3 is 15.5 Å². The van der Waals surface area contributed by atoms with E-state index in [1.165, 1.54) is 24.6 Å². The highest BCUT2D eigenvalue weighted by atomic mass is 35.5. The number of hydrogen-bond acceptors (Lipinski definition) is 7. The molecule has 186 valence electrons. The molecule has 4 rings (SSSR count). The van der Waals surface area contributed by atoms with Crippen LogP contribution in [0.15, 0.2) is 59.6 Å². The molecule has 1 fully saturated rings. The molecule has 7 nitrogen and oxygen atoms in total. The lowest BCUT2D eigenvalue weighted by atomic mass is 9.89. The Labute approximate surface area is 212 Å². The SMILES string of the molecule is CN1CCC(c2ccc(Nc3ncc(Cl)c(Nc4cccc(S(=O)(=O)C(C)(C)C)c4)n3)cc2)CC1. The first kappa shape index (κ1) is 25.4. The van der Waals surface area contributed by atoms with Crippen LogP contribution in [0.2, 0.25) is 5.02 Å². The maximum Gasteiger partial charge on any atom is 0.229 e. The first-order valence-corrected chi connectivity index (χ1v) is 13.6. The van der Waals surface area contributed by atoms with Crippen molar-refractivity contribution in [3.63, 3.8) is 0 Å². The van der Waals surface area contributed by atoms with Crippen LogP contribution in [0.25, 0.3) is 0 Å². The van der Waals surface area contributed by atoms with Crippen LogP contribution in [0, 0.1) is 0 Å². The lowest BCUT2D eigenvalue weighted by molar-refractivity contribution is 0.255. The highest BCUT2D eigenvalue weighted by Gasteiger charge is 2.31. The molecule has 0 atom stereocenters. The second-order valence-corrected chi connectivity index (χ2v) is 13.1. The summed E-state index contributed by atoms with van der Waals surface area (Å²) >= 11 is 6.33. The van der Waals surface area contributed by atoms with Crippen LogP contribution in [-0.2, 0) is 9.84 Å². The first-order valence-electron chi connectivity index (χ1n) is 11.7. The normalized spacial score (nSPS) is 15.7. The van der Waals surface area contributed by atoms with Crippen molar-refractivity contribution in [3.05, 3.63) is 65.3 Å². The Morgan fingerprint density at radius 2 is 1.69 bits per heavy atom. The lowest BCUT2D eigenvalue weighted by Gasteiger charge is -2.29. The molecule has 0 bridgehead atoms. The van der Waals surface area contributed by atoms with Crippen LogP contribution < -0.4 is 10.6 Å².